The van der Waals surface area contributed by atoms with Crippen molar-refractivity contribution >= 4 is 23.0 Å². The monoisotopic (exact) mass is 401 g/mol. The maximum Gasteiger partial charge on any atom is 0.203 e. The van der Waals surface area contributed by atoms with Gasteiger partial charge in [-0.3, -0.25) is 0 Å². The zero-order valence-corrected chi connectivity index (χ0v) is 17.1. The molecular formula is C20H23N3O4S. The molecule has 3 rings (SSSR count). The summed E-state index contributed by atoms with van der Waals surface area (Å²) in [6.45, 7) is 0. The number of ether oxygens (including phenoxy) is 4. The van der Waals surface area contributed by atoms with Crippen LogP contribution >= 0.6 is 12.2 Å². The van der Waals surface area contributed by atoms with Gasteiger partial charge in [0, 0.05) is 12.0 Å². The number of benzene rings is 2. The Morgan fingerprint density at radius 3 is 2.14 bits per heavy atom. The first-order valence-corrected chi connectivity index (χ1v) is 9.04. The molecule has 2 aromatic rings. The SMILES string of the molecule is COc1ccccc1C1=NN(C(N)=S)[C@H](c2cc(OC)c(OC)c(OC)c2)C1. The molecule has 1 atom stereocenters. The Morgan fingerprint density at radius 2 is 1.61 bits per heavy atom. The van der Waals surface area contributed by atoms with Crippen LogP contribution in [0.3, 0.4) is 0 Å². The third-order valence-electron chi connectivity index (χ3n) is 4.63. The van der Waals surface area contributed by atoms with Crippen LogP contribution in [-0.4, -0.2) is 44.3 Å². The molecule has 0 saturated heterocycles. The second-order valence-corrected chi connectivity index (χ2v) is 6.53. The van der Waals surface area contributed by atoms with Gasteiger partial charge in [-0.15, -0.1) is 0 Å². The fraction of sp³-hybridized carbons (Fsp3) is 0.300. The molecule has 0 radical (unpaired) electrons. The lowest BCUT2D eigenvalue weighted by molar-refractivity contribution is 0.319. The molecule has 1 aliphatic heterocycles. The molecule has 0 aliphatic carbocycles. The van der Waals surface area contributed by atoms with Crippen molar-refractivity contribution in [1.82, 2.24) is 5.01 Å². The summed E-state index contributed by atoms with van der Waals surface area (Å²) in [6, 6.07) is 11.3. The number of nitrogens with zero attached hydrogens (tertiary/aromatic N) is 2. The van der Waals surface area contributed by atoms with E-state index in [1.54, 1.807) is 33.4 Å². The van der Waals surface area contributed by atoms with E-state index in [1.807, 2.05) is 36.4 Å². The van der Waals surface area contributed by atoms with E-state index in [9.17, 15) is 0 Å². The molecule has 0 saturated carbocycles. The Morgan fingerprint density at radius 1 is 1.00 bits per heavy atom. The second-order valence-electron chi connectivity index (χ2n) is 6.11. The second kappa shape index (κ2) is 8.35. The number of hydrogen-bond acceptors (Lipinski definition) is 6. The maximum atomic E-state index is 5.97. The summed E-state index contributed by atoms with van der Waals surface area (Å²) in [6.07, 6.45) is 0.594. The fourth-order valence-electron chi connectivity index (χ4n) is 3.31. The van der Waals surface area contributed by atoms with Crippen LogP contribution in [0.5, 0.6) is 23.0 Å². The van der Waals surface area contributed by atoms with Crippen LogP contribution in [0, 0.1) is 0 Å². The Balaban J connectivity index is 2.05. The van der Waals surface area contributed by atoms with Crippen molar-refractivity contribution in [2.24, 2.45) is 10.8 Å². The average molecular weight is 401 g/mol. The van der Waals surface area contributed by atoms with Crippen LogP contribution in [-0.2, 0) is 0 Å². The number of hydrazone groups is 1. The van der Waals surface area contributed by atoms with Gasteiger partial charge in [0.25, 0.3) is 0 Å². The van der Waals surface area contributed by atoms with Crippen LogP contribution in [0.4, 0.5) is 0 Å². The van der Waals surface area contributed by atoms with E-state index in [0.29, 0.717) is 23.7 Å². The highest BCUT2D eigenvalue weighted by Crippen LogP contribution is 2.43. The minimum atomic E-state index is -0.203. The normalized spacial score (nSPS) is 15.8. The molecule has 1 aliphatic rings. The van der Waals surface area contributed by atoms with Crippen LogP contribution in [0.2, 0.25) is 0 Å². The summed E-state index contributed by atoms with van der Waals surface area (Å²) in [7, 11) is 6.37. The highest BCUT2D eigenvalue weighted by molar-refractivity contribution is 7.80. The van der Waals surface area contributed by atoms with Crippen molar-refractivity contribution in [2.45, 2.75) is 12.5 Å². The maximum absolute atomic E-state index is 5.97. The van der Waals surface area contributed by atoms with Gasteiger partial charge in [-0.25, -0.2) is 5.01 Å². The highest BCUT2D eigenvalue weighted by atomic mass is 32.1. The fourth-order valence-corrected chi connectivity index (χ4v) is 3.48. The molecule has 0 unspecified atom stereocenters. The lowest BCUT2D eigenvalue weighted by Gasteiger charge is -2.23. The van der Waals surface area contributed by atoms with E-state index in [0.717, 1.165) is 22.6 Å². The van der Waals surface area contributed by atoms with Crippen molar-refractivity contribution < 1.29 is 18.9 Å². The number of nitrogens with two attached hydrogens (primary N) is 1. The molecule has 0 fully saturated rings. The van der Waals surface area contributed by atoms with E-state index >= 15 is 0 Å². The standard InChI is InChI=1S/C20H23N3O4S/c1-24-16-8-6-5-7-13(16)14-11-15(23(22-14)20(21)28)12-9-17(25-2)19(27-4)18(10-12)26-3/h5-10,15H,11H2,1-4H3,(H2,21,28)/t15-/m0/s1. The van der Waals surface area contributed by atoms with Gasteiger partial charge >= 0.3 is 0 Å². The van der Waals surface area contributed by atoms with Crippen molar-refractivity contribution in [3.63, 3.8) is 0 Å². The summed E-state index contributed by atoms with van der Waals surface area (Å²) < 4.78 is 21.8. The molecule has 1 heterocycles. The van der Waals surface area contributed by atoms with E-state index in [4.69, 9.17) is 36.9 Å². The molecule has 2 aromatic carbocycles. The van der Waals surface area contributed by atoms with E-state index in [-0.39, 0.29) is 11.2 Å². The molecule has 0 amide bonds. The quantitative estimate of drug-likeness (QED) is 0.745. The number of hydrogen-bond donors (Lipinski definition) is 1. The number of para-hydroxylation sites is 1. The molecule has 0 spiro atoms. The van der Waals surface area contributed by atoms with Gasteiger partial charge in [0.05, 0.1) is 40.2 Å². The van der Waals surface area contributed by atoms with Gasteiger partial charge < -0.3 is 24.7 Å². The minimum Gasteiger partial charge on any atom is -0.496 e. The van der Waals surface area contributed by atoms with Gasteiger partial charge in [0.2, 0.25) is 5.75 Å². The Labute approximate surface area is 169 Å². The van der Waals surface area contributed by atoms with E-state index in [2.05, 4.69) is 5.10 Å². The highest BCUT2D eigenvalue weighted by Gasteiger charge is 2.33. The molecule has 28 heavy (non-hydrogen) atoms. The van der Waals surface area contributed by atoms with Gasteiger partial charge in [0.1, 0.15) is 5.75 Å². The van der Waals surface area contributed by atoms with Crippen LogP contribution in [0.25, 0.3) is 0 Å². The average Bonchev–Trinajstić information content (AvgIpc) is 3.18. The van der Waals surface area contributed by atoms with Crippen LogP contribution in [0.1, 0.15) is 23.6 Å². The summed E-state index contributed by atoms with van der Waals surface area (Å²) >= 11 is 5.25. The number of rotatable bonds is 6. The van der Waals surface area contributed by atoms with Crippen molar-refractivity contribution in [3.05, 3.63) is 47.5 Å². The predicted molar refractivity (Wildman–Crippen MR) is 112 cm³/mol. The minimum absolute atomic E-state index is 0.184. The predicted octanol–water partition coefficient (Wildman–Crippen LogP) is 3.12. The summed E-state index contributed by atoms with van der Waals surface area (Å²) in [5.41, 5.74) is 8.61. The molecule has 148 valence electrons. The van der Waals surface area contributed by atoms with Crippen molar-refractivity contribution in [1.29, 1.82) is 0 Å². The molecule has 7 nitrogen and oxygen atoms in total. The Bertz CT molecular complexity index is 891. The van der Waals surface area contributed by atoms with Gasteiger partial charge in [-0.1, -0.05) is 12.1 Å². The first-order valence-electron chi connectivity index (χ1n) is 8.63. The molecule has 8 heteroatoms. The van der Waals surface area contributed by atoms with Crippen LogP contribution in [0.15, 0.2) is 41.5 Å². The Hall–Kier alpha value is -3.00. The van der Waals surface area contributed by atoms with Gasteiger partial charge in [-0.2, -0.15) is 5.10 Å². The summed E-state index contributed by atoms with van der Waals surface area (Å²) in [5, 5.41) is 6.49. The van der Waals surface area contributed by atoms with Crippen molar-refractivity contribution in [2.75, 3.05) is 28.4 Å². The molecule has 0 bridgehead atoms. The lowest BCUT2D eigenvalue weighted by Crippen LogP contribution is -2.31. The smallest absolute Gasteiger partial charge is 0.203 e. The van der Waals surface area contributed by atoms with Crippen molar-refractivity contribution in [3.8, 4) is 23.0 Å². The van der Waals surface area contributed by atoms with Gasteiger partial charge in [0.15, 0.2) is 16.6 Å². The molecule has 0 aromatic heterocycles. The molecular weight excluding hydrogens is 378 g/mol. The summed E-state index contributed by atoms with van der Waals surface area (Å²) in [5.74, 6) is 2.39. The molecule has 2 N–H and O–H groups in total. The van der Waals surface area contributed by atoms with E-state index in [1.165, 1.54) is 0 Å². The first-order chi connectivity index (χ1) is 13.5. The lowest BCUT2D eigenvalue weighted by atomic mass is 9.97. The largest absolute Gasteiger partial charge is 0.496 e. The topological polar surface area (TPSA) is 78.5 Å². The number of methoxy groups -OCH3 is 4. The zero-order chi connectivity index (χ0) is 20.3. The Kier molecular flexibility index (Phi) is 5.89. The third-order valence-corrected chi connectivity index (χ3v) is 4.81. The van der Waals surface area contributed by atoms with Gasteiger partial charge in [-0.05, 0) is 42.0 Å². The summed E-state index contributed by atoms with van der Waals surface area (Å²) in [4.78, 5) is 0. The first kappa shape index (κ1) is 19.8. The van der Waals surface area contributed by atoms with Crippen LogP contribution < -0.4 is 24.7 Å². The van der Waals surface area contributed by atoms with E-state index < -0.39 is 0 Å². The third kappa shape index (κ3) is 3.55. The number of thiocarbonyl (C=S) groups is 1. The zero-order valence-electron chi connectivity index (χ0n) is 16.3.